The number of imidazole rings is 1. The fraction of sp³-hybridized carbons (Fsp3) is 0.231. The van der Waals surface area contributed by atoms with Crippen molar-refractivity contribution >= 4 is 23.2 Å². The molecule has 6 heteroatoms. The molecule has 0 spiro atoms. The number of nitrogen functional groups attached to an aromatic ring is 1. The number of anilines is 1. The standard InChI is InChI=1S/C13H15ClN4O/c1-18-7-6-16-12(18)4-5-17-13(19)9-2-3-10(14)11(15)8-9/h2-3,6-8H,4-5,15H2,1H3,(H,17,19). The molecular formula is C13H15ClN4O. The molecule has 1 aromatic carbocycles. The molecule has 0 aliphatic carbocycles. The average Bonchev–Trinajstić information content (AvgIpc) is 2.78. The lowest BCUT2D eigenvalue weighted by molar-refractivity contribution is 0.0954. The minimum absolute atomic E-state index is 0.169. The Labute approximate surface area is 116 Å². The predicted octanol–water partition coefficient (Wildman–Crippen LogP) is 1.63. The summed E-state index contributed by atoms with van der Waals surface area (Å²) >= 11 is 5.81. The third kappa shape index (κ3) is 3.26. The Morgan fingerprint density at radius 1 is 1.53 bits per heavy atom. The van der Waals surface area contributed by atoms with E-state index in [0.29, 0.717) is 29.2 Å². The Bertz CT molecular complexity index is 594. The van der Waals surface area contributed by atoms with Crippen LogP contribution < -0.4 is 11.1 Å². The number of benzene rings is 1. The van der Waals surface area contributed by atoms with Crippen LogP contribution in [0.3, 0.4) is 0 Å². The molecule has 0 aliphatic heterocycles. The summed E-state index contributed by atoms with van der Waals surface area (Å²) < 4.78 is 1.92. The van der Waals surface area contributed by atoms with Crippen LogP contribution in [0.2, 0.25) is 5.02 Å². The van der Waals surface area contributed by atoms with Gasteiger partial charge < -0.3 is 15.6 Å². The van der Waals surface area contributed by atoms with Crippen molar-refractivity contribution in [2.24, 2.45) is 7.05 Å². The van der Waals surface area contributed by atoms with Crippen LogP contribution in [0.15, 0.2) is 30.6 Å². The maximum Gasteiger partial charge on any atom is 0.251 e. The molecule has 0 radical (unpaired) electrons. The van der Waals surface area contributed by atoms with Crippen LogP contribution in [0.4, 0.5) is 5.69 Å². The Kier molecular flexibility index (Phi) is 4.06. The van der Waals surface area contributed by atoms with Gasteiger partial charge in [0.2, 0.25) is 0 Å². The molecule has 1 heterocycles. The minimum atomic E-state index is -0.169. The van der Waals surface area contributed by atoms with Crippen molar-refractivity contribution in [3.05, 3.63) is 47.0 Å². The van der Waals surface area contributed by atoms with Gasteiger partial charge in [-0.25, -0.2) is 4.98 Å². The quantitative estimate of drug-likeness (QED) is 0.835. The average molecular weight is 279 g/mol. The van der Waals surface area contributed by atoms with Gasteiger partial charge in [-0.1, -0.05) is 11.6 Å². The van der Waals surface area contributed by atoms with E-state index < -0.39 is 0 Å². The number of nitrogens with two attached hydrogens (primary N) is 1. The summed E-state index contributed by atoms with van der Waals surface area (Å²) in [6, 6.07) is 4.83. The van der Waals surface area contributed by atoms with E-state index in [1.807, 2.05) is 17.8 Å². The van der Waals surface area contributed by atoms with Crippen molar-refractivity contribution in [1.82, 2.24) is 14.9 Å². The topological polar surface area (TPSA) is 72.9 Å². The van der Waals surface area contributed by atoms with Gasteiger partial charge in [0.05, 0.1) is 10.7 Å². The third-order valence-corrected chi connectivity index (χ3v) is 3.16. The SMILES string of the molecule is Cn1ccnc1CCNC(=O)c1ccc(Cl)c(N)c1. The number of aromatic nitrogens is 2. The van der Waals surface area contributed by atoms with Crippen LogP contribution in [0.25, 0.3) is 0 Å². The van der Waals surface area contributed by atoms with Crippen molar-refractivity contribution < 1.29 is 4.79 Å². The molecule has 0 saturated carbocycles. The molecule has 2 aromatic rings. The fourth-order valence-corrected chi connectivity index (χ4v) is 1.83. The van der Waals surface area contributed by atoms with Crippen molar-refractivity contribution in [1.29, 1.82) is 0 Å². The van der Waals surface area contributed by atoms with E-state index in [4.69, 9.17) is 17.3 Å². The molecule has 0 unspecified atom stereocenters. The van der Waals surface area contributed by atoms with Gasteiger partial charge >= 0.3 is 0 Å². The summed E-state index contributed by atoms with van der Waals surface area (Å²) in [5, 5.41) is 3.27. The Balaban J connectivity index is 1.91. The lowest BCUT2D eigenvalue weighted by Gasteiger charge is -2.06. The van der Waals surface area contributed by atoms with Crippen molar-refractivity contribution in [2.45, 2.75) is 6.42 Å². The lowest BCUT2D eigenvalue weighted by atomic mass is 10.2. The molecule has 2 rings (SSSR count). The molecule has 0 saturated heterocycles. The highest BCUT2D eigenvalue weighted by Crippen LogP contribution is 2.19. The van der Waals surface area contributed by atoms with Gasteiger partial charge in [-0.2, -0.15) is 0 Å². The van der Waals surface area contributed by atoms with Crippen molar-refractivity contribution in [3.8, 4) is 0 Å². The normalized spacial score (nSPS) is 10.4. The maximum atomic E-state index is 11.9. The lowest BCUT2D eigenvalue weighted by Crippen LogP contribution is -2.26. The van der Waals surface area contributed by atoms with E-state index in [2.05, 4.69) is 10.3 Å². The highest BCUT2D eigenvalue weighted by Gasteiger charge is 2.07. The van der Waals surface area contributed by atoms with Crippen molar-refractivity contribution in [3.63, 3.8) is 0 Å². The number of halogens is 1. The maximum absolute atomic E-state index is 11.9. The van der Waals surface area contributed by atoms with Gasteiger partial charge in [-0.05, 0) is 18.2 Å². The largest absolute Gasteiger partial charge is 0.398 e. The van der Waals surface area contributed by atoms with Gasteiger partial charge in [0.25, 0.3) is 5.91 Å². The van der Waals surface area contributed by atoms with Crippen LogP contribution >= 0.6 is 11.6 Å². The molecule has 19 heavy (non-hydrogen) atoms. The van der Waals surface area contributed by atoms with Crippen LogP contribution in [0, 0.1) is 0 Å². The van der Waals surface area contributed by atoms with Crippen molar-refractivity contribution in [2.75, 3.05) is 12.3 Å². The molecule has 0 bridgehead atoms. The molecule has 0 fully saturated rings. The van der Waals surface area contributed by atoms with Crippen LogP contribution in [0.5, 0.6) is 0 Å². The molecule has 1 amide bonds. The van der Waals surface area contributed by atoms with E-state index >= 15 is 0 Å². The molecule has 1 aromatic heterocycles. The summed E-state index contributed by atoms with van der Waals surface area (Å²) in [5.74, 6) is 0.758. The molecular weight excluding hydrogens is 264 g/mol. The summed E-state index contributed by atoms with van der Waals surface area (Å²) in [5.41, 5.74) is 6.56. The smallest absolute Gasteiger partial charge is 0.251 e. The van der Waals surface area contributed by atoms with Gasteiger partial charge in [-0.15, -0.1) is 0 Å². The zero-order valence-corrected chi connectivity index (χ0v) is 11.3. The molecule has 100 valence electrons. The number of nitrogens with one attached hydrogen (secondary N) is 1. The zero-order chi connectivity index (χ0) is 13.8. The number of aryl methyl sites for hydroxylation is 1. The van der Waals surface area contributed by atoms with E-state index in [9.17, 15) is 4.79 Å². The Hall–Kier alpha value is -2.01. The first-order valence-corrected chi connectivity index (χ1v) is 6.25. The predicted molar refractivity (Wildman–Crippen MR) is 75.1 cm³/mol. The second kappa shape index (κ2) is 5.75. The van der Waals surface area contributed by atoms with E-state index in [1.165, 1.54) is 0 Å². The Morgan fingerprint density at radius 3 is 2.95 bits per heavy atom. The number of hydrogen-bond acceptors (Lipinski definition) is 3. The monoisotopic (exact) mass is 278 g/mol. The summed E-state index contributed by atoms with van der Waals surface area (Å²) in [6.07, 6.45) is 4.28. The number of carbonyl (C=O) groups is 1. The van der Waals surface area contributed by atoms with Gasteiger partial charge in [0, 0.05) is 38.0 Å². The highest BCUT2D eigenvalue weighted by atomic mass is 35.5. The first-order valence-electron chi connectivity index (χ1n) is 5.87. The number of carbonyl (C=O) groups excluding carboxylic acids is 1. The van der Waals surface area contributed by atoms with Gasteiger partial charge in [0.15, 0.2) is 0 Å². The minimum Gasteiger partial charge on any atom is -0.398 e. The van der Waals surface area contributed by atoms with Gasteiger partial charge in [-0.3, -0.25) is 4.79 Å². The van der Waals surface area contributed by atoms with E-state index in [-0.39, 0.29) is 5.91 Å². The fourth-order valence-electron chi connectivity index (χ4n) is 1.71. The summed E-state index contributed by atoms with van der Waals surface area (Å²) in [6.45, 7) is 0.520. The second-order valence-electron chi connectivity index (χ2n) is 4.20. The molecule has 0 atom stereocenters. The number of nitrogens with zero attached hydrogens (tertiary/aromatic N) is 2. The molecule has 5 nitrogen and oxygen atoms in total. The third-order valence-electron chi connectivity index (χ3n) is 2.81. The summed E-state index contributed by atoms with van der Waals surface area (Å²) in [7, 11) is 1.92. The zero-order valence-electron chi connectivity index (χ0n) is 10.6. The van der Waals surface area contributed by atoms with E-state index in [1.54, 1.807) is 24.4 Å². The van der Waals surface area contributed by atoms with Crippen LogP contribution in [-0.2, 0) is 13.5 Å². The molecule has 0 aliphatic rings. The molecule has 3 N–H and O–H groups in total. The second-order valence-corrected chi connectivity index (χ2v) is 4.60. The van der Waals surface area contributed by atoms with Crippen LogP contribution in [0.1, 0.15) is 16.2 Å². The first kappa shape index (κ1) is 13.4. The van der Waals surface area contributed by atoms with Gasteiger partial charge in [0.1, 0.15) is 5.82 Å². The summed E-state index contributed by atoms with van der Waals surface area (Å²) in [4.78, 5) is 16.1. The number of rotatable bonds is 4. The first-order chi connectivity index (χ1) is 9.08. The highest BCUT2D eigenvalue weighted by molar-refractivity contribution is 6.33. The van der Waals surface area contributed by atoms with E-state index in [0.717, 1.165) is 5.82 Å². The number of amides is 1. The van der Waals surface area contributed by atoms with Crippen LogP contribution in [-0.4, -0.2) is 22.0 Å². The Morgan fingerprint density at radius 2 is 2.32 bits per heavy atom. The number of hydrogen-bond donors (Lipinski definition) is 2.